The molecule has 0 saturated heterocycles. The van der Waals surface area contributed by atoms with E-state index in [1.165, 1.54) is 5.56 Å². The minimum absolute atomic E-state index is 0.289. The predicted octanol–water partition coefficient (Wildman–Crippen LogP) is 2.70. The molecule has 0 aliphatic rings. The first-order valence-electron chi connectivity index (χ1n) is 4.77. The zero-order valence-electron chi connectivity index (χ0n) is 8.91. The molecule has 0 N–H and O–H groups in total. The average molecular weight is 192 g/mol. The summed E-state index contributed by atoms with van der Waals surface area (Å²) >= 11 is 0. The normalized spacial score (nSPS) is 12.2. The van der Waals surface area contributed by atoms with Crippen LogP contribution >= 0.6 is 0 Å². The van der Waals surface area contributed by atoms with Crippen LogP contribution in [0.2, 0.25) is 0 Å². The van der Waals surface area contributed by atoms with Gasteiger partial charge in [-0.05, 0) is 30.0 Å². The smallest absolute Gasteiger partial charge is 0.121 e. The molecule has 0 spiro atoms. The van der Waals surface area contributed by atoms with E-state index < -0.39 is 0 Å². The third-order valence-electron chi connectivity index (χ3n) is 2.44. The zero-order valence-corrected chi connectivity index (χ0v) is 8.91. The number of aryl methyl sites for hydroxylation is 1. The lowest BCUT2D eigenvalue weighted by molar-refractivity contribution is -0.108. The number of hydrogen-bond acceptors (Lipinski definition) is 2. The van der Waals surface area contributed by atoms with Gasteiger partial charge in [-0.2, -0.15) is 0 Å². The maximum atomic E-state index is 10.4. The number of carbonyl (C=O) groups excluding carboxylic acids is 1. The third-order valence-corrected chi connectivity index (χ3v) is 2.44. The highest BCUT2D eigenvalue weighted by atomic mass is 16.5. The maximum Gasteiger partial charge on any atom is 0.121 e. The van der Waals surface area contributed by atoms with Crippen LogP contribution in [0.4, 0.5) is 0 Å². The highest BCUT2D eigenvalue weighted by Crippen LogP contribution is 2.24. The van der Waals surface area contributed by atoms with Gasteiger partial charge in [0.1, 0.15) is 12.0 Å². The minimum atomic E-state index is 0.289. The van der Waals surface area contributed by atoms with E-state index in [0.717, 1.165) is 17.6 Å². The van der Waals surface area contributed by atoms with Crippen LogP contribution < -0.4 is 4.74 Å². The van der Waals surface area contributed by atoms with Gasteiger partial charge in [-0.3, -0.25) is 0 Å². The summed E-state index contributed by atoms with van der Waals surface area (Å²) in [7, 11) is 1.66. The quantitative estimate of drug-likeness (QED) is 0.685. The van der Waals surface area contributed by atoms with Crippen molar-refractivity contribution >= 4 is 6.29 Å². The first-order chi connectivity index (χ1) is 6.69. The van der Waals surface area contributed by atoms with E-state index in [1.54, 1.807) is 7.11 Å². The average Bonchev–Trinajstić information content (AvgIpc) is 2.18. The molecule has 0 aliphatic carbocycles. The van der Waals surface area contributed by atoms with Crippen molar-refractivity contribution in [1.29, 1.82) is 0 Å². The summed E-state index contributed by atoms with van der Waals surface area (Å²) in [5, 5.41) is 0. The van der Waals surface area contributed by atoms with Crippen molar-refractivity contribution in [3.8, 4) is 5.75 Å². The van der Waals surface area contributed by atoms with Crippen LogP contribution in [0, 0.1) is 6.92 Å². The van der Waals surface area contributed by atoms with Crippen molar-refractivity contribution in [2.75, 3.05) is 7.11 Å². The highest BCUT2D eigenvalue weighted by Gasteiger charge is 2.06. The molecule has 2 heteroatoms. The molecule has 1 unspecified atom stereocenters. The van der Waals surface area contributed by atoms with E-state index in [4.69, 9.17) is 4.74 Å². The molecule has 1 atom stereocenters. The lowest BCUT2D eigenvalue weighted by Gasteiger charge is -2.11. The first-order valence-corrected chi connectivity index (χ1v) is 4.77. The van der Waals surface area contributed by atoms with Crippen molar-refractivity contribution in [2.45, 2.75) is 26.2 Å². The third kappa shape index (κ3) is 2.34. The fourth-order valence-corrected chi connectivity index (χ4v) is 1.49. The minimum Gasteiger partial charge on any atom is -0.496 e. The van der Waals surface area contributed by atoms with Crippen molar-refractivity contribution in [1.82, 2.24) is 0 Å². The molecule has 0 radical (unpaired) electrons. The number of hydrogen-bond donors (Lipinski definition) is 0. The van der Waals surface area contributed by atoms with Gasteiger partial charge in [0.25, 0.3) is 0 Å². The SMILES string of the molecule is COc1ccc(C(C)CC=O)cc1C. The van der Waals surface area contributed by atoms with Crippen molar-refractivity contribution in [3.05, 3.63) is 29.3 Å². The molecule has 0 heterocycles. The van der Waals surface area contributed by atoms with Gasteiger partial charge < -0.3 is 9.53 Å². The van der Waals surface area contributed by atoms with Crippen LogP contribution in [0.25, 0.3) is 0 Å². The van der Waals surface area contributed by atoms with E-state index >= 15 is 0 Å². The molecule has 0 aliphatic heterocycles. The Morgan fingerprint density at radius 3 is 2.71 bits per heavy atom. The zero-order chi connectivity index (χ0) is 10.6. The number of rotatable bonds is 4. The number of ether oxygens (including phenoxy) is 1. The molecule has 0 saturated carbocycles. The van der Waals surface area contributed by atoms with Crippen LogP contribution in [0.5, 0.6) is 5.75 Å². The molecule has 76 valence electrons. The highest BCUT2D eigenvalue weighted by molar-refractivity contribution is 5.52. The summed E-state index contributed by atoms with van der Waals surface area (Å²) in [5.41, 5.74) is 2.30. The molecule has 1 aromatic carbocycles. The van der Waals surface area contributed by atoms with Gasteiger partial charge in [0.05, 0.1) is 7.11 Å². The van der Waals surface area contributed by atoms with E-state index in [-0.39, 0.29) is 5.92 Å². The standard InChI is InChI=1S/C12H16O2/c1-9(6-7-13)11-4-5-12(14-3)10(2)8-11/h4-5,7-9H,6H2,1-3H3. The summed E-state index contributed by atoms with van der Waals surface area (Å²) in [5.74, 6) is 1.18. The summed E-state index contributed by atoms with van der Waals surface area (Å²) < 4.78 is 5.17. The Kier molecular flexibility index (Phi) is 3.69. The molecular formula is C12H16O2. The fourth-order valence-electron chi connectivity index (χ4n) is 1.49. The Balaban J connectivity index is 2.90. The maximum absolute atomic E-state index is 10.4. The van der Waals surface area contributed by atoms with E-state index in [2.05, 4.69) is 13.0 Å². The second-order valence-corrected chi connectivity index (χ2v) is 3.53. The van der Waals surface area contributed by atoms with Crippen molar-refractivity contribution in [3.63, 3.8) is 0 Å². The first kappa shape index (κ1) is 10.8. The summed E-state index contributed by atoms with van der Waals surface area (Å²) in [4.78, 5) is 10.4. The Morgan fingerprint density at radius 1 is 1.50 bits per heavy atom. The van der Waals surface area contributed by atoms with Crippen LogP contribution in [0.15, 0.2) is 18.2 Å². The van der Waals surface area contributed by atoms with Crippen LogP contribution in [0.1, 0.15) is 30.4 Å². The monoisotopic (exact) mass is 192 g/mol. The topological polar surface area (TPSA) is 26.3 Å². The van der Waals surface area contributed by atoms with E-state index in [0.29, 0.717) is 6.42 Å². The summed E-state index contributed by atoms with van der Waals surface area (Å²) in [6.07, 6.45) is 1.54. The molecule has 0 amide bonds. The van der Waals surface area contributed by atoms with Crippen LogP contribution in [-0.4, -0.2) is 13.4 Å². The van der Waals surface area contributed by atoms with E-state index in [1.807, 2.05) is 19.1 Å². The number of benzene rings is 1. The molecule has 0 aromatic heterocycles. The molecule has 14 heavy (non-hydrogen) atoms. The van der Waals surface area contributed by atoms with Crippen molar-refractivity contribution in [2.24, 2.45) is 0 Å². The van der Waals surface area contributed by atoms with Gasteiger partial charge in [-0.25, -0.2) is 0 Å². The Morgan fingerprint density at radius 2 is 2.21 bits per heavy atom. The number of methoxy groups -OCH3 is 1. The Bertz CT molecular complexity index is 318. The van der Waals surface area contributed by atoms with Gasteiger partial charge in [0.2, 0.25) is 0 Å². The van der Waals surface area contributed by atoms with Gasteiger partial charge in [0, 0.05) is 6.42 Å². The van der Waals surface area contributed by atoms with Crippen LogP contribution in [0.3, 0.4) is 0 Å². The molecule has 1 aromatic rings. The van der Waals surface area contributed by atoms with Gasteiger partial charge in [-0.1, -0.05) is 19.1 Å². The predicted molar refractivity (Wildman–Crippen MR) is 56.8 cm³/mol. The van der Waals surface area contributed by atoms with Gasteiger partial charge in [0.15, 0.2) is 0 Å². The van der Waals surface area contributed by atoms with Gasteiger partial charge >= 0.3 is 0 Å². The Labute approximate surface area is 84.9 Å². The van der Waals surface area contributed by atoms with Crippen LogP contribution in [-0.2, 0) is 4.79 Å². The lowest BCUT2D eigenvalue weighted by Crippen LogP contribution is -1.96. The van der Waals surface area contributed by atoms with E-state index in [9.17, 15) is 4.79 Å². The molecular weight excluding hydrogens is 176 g/mol. The Hall–Kier alpha value is -1.31. The molecule has 0 fully saturated rings. The number of aldehydes is 1. The van der Waals surface area contributed by atoms with Crippen molar-refractivity contribution < 1.29 is 9.53 Å². The molecule has 1 rings (SSSR count). The lowest BCUT2D eigenvalue weighted by atomic mass is 9.97. The summed E-state index contributed by atoms with van der Waals surface area (Å²) in [6.45, 7) is 4.06. The summed E-state index contributed by atoms with van der Waals surface area (Å²) in [6, 6.07) is 6.04. The number of carbonyl (C=O) groups is 1. The van der Waals surface area contributed by atoms with Gasteiger partial charge in [-0.15, -0.1) is 0 Å². The fraction of sp³-hybridized carbons (Fsp3) is 0.417. The largest absolute Gasteiger partial charge is 0.496 e. The second-order valence-electron chi connectivity index (χ2n) is 3.53. The molecule has 0 bridgehead atoms. The second kappa shape index (κ2) is 4.80. The molecule has 2 nitrogen and oxygen atoms in total.